The van der Waals surface area contributed by atoms with Gasteiger partial charge in [0.05, 0.1) is 0 Å². The third-order valence-electron chi connectivity index (χ3n) is 2.39. The molecule has 0 amide bonds. The van der Waals surface area contributed by atoms with Gasteiger partial charge in [-0.05, 0) is 23.1 Å². The summed E-state index contributed by atoms with van der Waals surface area (Å²) in [6, 6.07) is 2.50. The van der Waals surface area contributed by atoms with E-state index in [0.29, 0.717) is 5.56 Å². The van der Waals surface area contributed by atoms with Gasteiger partial charge in [0.1, 0.15) is 23.0 Å². The number of rotatable bonds is 3. The first-order valence-corrected chi connectivity index (χ1v) is 6.20. The summed E-state index contributed by atoms with van der Waals surface area (Å²) < 4.78 is 5.12. The van der Waals surface area contributed by atoms with E-state index < -0.39 is 12.0 Å². The van der Waals surface area contributed by atoms with Gasteiger partial charge in [0, 0.05) is 0 Å². The molecule has 0 saturated carbocycles. The molecule has 1 aromatic rings. The van der Waals surface area contributed by atoms with Crippen LogP contribution < -0.4 is 5.73 Å². The Balaban J connectivity index is 0.00000324. The van der Waals surface area contributed by atoms with Gasteiger partial charge in [-0.2, -0.15) is 0 Å². The number of carbonyl (C=O) groups excluding carboxylic acids is 1. The van der Waals surface area contributed by atoms with Crippen LogP contribution in [-0.2, 0) is 16.1 Å². The van der Waals surface area contributed by atoms with Gasteiger partial charge in [-0.25, -0.2) is 4.98 Å². The molecule has 1 heterocycles. The number of nitrogens with zero attached hydrogens (tertiary/aromatic N) is 1. The second-order valence-electron chi connectivity index (χ2n) is 5.07. The molecule has 0 aliphatic rings. The molecule has 0 radical (unpaired) electrons. The molecule has 0 spiro atoms. The van der Waals surface area contributed by atoms with Crippen molar-refractivity contribution in [3.8, 4) is 0 Å². The molecule has 1 atom stereocenters. The Labute approximate surface area is 129 Å². The standard InChI is InChI=1S/C12H16Cl2N2O2.ClH/c1-12(2,3)10(15)11(17)18-6-7-4-8(13)16-9(14)5-7;/h4-5,10H,6,15H2,1-3H3;1H/t10-;/m1./s1. The molecule has 1 rings (SSSR count). The van der Waals surface area contributed by atoms with Crippen LogP contribution in [0, 0.1) is 5.41 Å². The molecule has 0 aliphatic heterocycles. The van der Waals surface area contributed by atoms with E-state index in [9.17, 15) is 4.79 Å². The second-order valence-corrected chi connectivity index (χ2v) is 5.85. The summed E-state index contributed by atoms with van der Waals surface area (Å²) in [7, 11) is 0. The first-order valence-electron chi connectivity index (χ1n) is 5.44. The van der Waals surface area contributed by atoms with Crippen LogP contribution in [0.2, 0.25) is 10.3 Å². The molecule has 108 valence electrons. The van der Waals surface area contributed by atoms with Crippen LogP contribution >= 0.6 is 35.6 Å². The maximum absolute atomic E-state index is 11.7. The molecule has 0 aliphatic carbocycles. The summed E-state index contributed by atoms with van der Waals surface area (Å²) in [5.41, 5.74) is 6.11. The lowest BCUT2D eigenvalue weighted by atomic mass is 9.87. The third kappa shape index (κ3) is 5.95. The molecule has 7 heteroatoms. The van der Waals surface area contributed by atoms with Crippen molar-refractivity contribution in [2.24, 2.45) is 11.1 Å². The van der Waals surface area contributed by atoms with Gasteiger partial charge < -0.3 is 10.5 Å². The van der Waals surface area contributed by atoms with Gasteiger partial charge in [-0.15, -0.1) is 12.4 Å². The highest BCUT2D eigenvalue weighted by Gasteiger charge is 2.28. The maximum Gasteiger partial charge on any atom is 0.323 e. The van der Waals surface area contributed by atoms with E-state index in [0.717, 1.165) is 0 Å². The van der Waals surface area contributed by atoms with Crippen molar-refractivity contribution in [2.75, 3.05) is 0 Å². The summed E-state index contributed by atoms with van der Waals surface area (Å²) >= 11 is 11.5. The summed E-state index contributed by atoms with van der Waals surface area (Å²) in [4.78, 5) is 15.5. The van der Waals surface area contributed by atoms with Crippen molar-refractivity contribution in [3.63, 3.8) is 0 Å². The summed E-state index contributed by atoms with van der Waals surface area (Å²) in [5.74, 6) is -0.452. The van der Waals surface area contributed by atoms with E-state index in [1.807, 2.05) is 20.8 Å². The predicted octanol–water partition coefficient (Wildman–Crippen LogP) is 3.23. The van der Waals surface area contributed by atoms with Crippen molar-refractivity contribution in [1.82, 2.24) is 4.98 Å². The number of halogens is 3. The van der Waals surface area contributed by atoms with E-state index >= 15 is 0 Å². The number of pyridine rings is 1. The van der Waals surface area contributed by atoms with E-state index in [4.69, 9.17) is 33.7 Å². The Kier molecular flexibility index (Phi) is 7.08. The van der Waals surface area contributed by atoms with E-state index in [2.05, 4.69) is 4.98 Å². The first-order chi connectivity index (χ1) is 8.20. The Morgan fingerprint density at radius 3 is 2.26 bits per heavy atom. The lowest BCUT2D eigenvalue weighted by molar-refractivity contribution is -0.149. The summed E-state index contributed by atoms with van der Waals surface area (Å²) in [5, 5.41) is 0.516. The zero-order chi connectivity index (χ0) is 13.9. The molecular formula is C12H17Cl3N2O2. The van der Waals surface area contributed by atoms with Crippen LogP contribution in [0.4, 0.5) is 0 Å². The molecule has 0 fully saturated rings. The first kappa shape index (κ1) is 18.4. The minimum Gasteiger partial charge on any atom is -0.460 e. The number of hydrogen-bond donors (Lipinski definition) is 1. The average molecular weight is 328 g/mol. The predicted molar refractivity (Wildman–Crippen MR) is 78.7 cm³/mol. The molecule has 0 aromatic carbocycles. The average Bonchev–Trinajstić information content (AvgIpc) is 2.22. The van der Waals surface area contributed by atoms with Crippen LogP contribution in [0.5, 0.6) is 0 Å². The molecular weight excluding hydrogens is 311 g/mol. The molecule has 19 heavy (non-hydrogen) atoms. The van der Waals surface area contributed by atoms with Gasteiger partial charge >= 0.3 is 5.97 Å². The maximum atomic E-state index is 11.7. The smallest absolute Gasteiger partial charge is 0.323 e. The fraction of sp³-hybridized carbons (Fsp3) is 0.500. The molecule has 4 nitrogen and oxygen atoms in total. The van der Waals surface area contributed by atoms with Crippen LogP contribution in [0.15, 0.2) is 12.1 Å². The lowest BCUT2D eigenvalue weighted by Gasteiger charge is -2.24. The third-order valence-corrected chi connectivity index (χ3v) is 2.78. The van der Waals surface area contributed by atoms with Crippen LogP contribution in [0.1, 0.15) is 26.3 Å². The Hall–Kier alpha value is -0.550. The van der Waals surface area contributed by atoms with E-state index in [1.165, 1.54) is 0 Å². The zero-order valence-electron chi connectivity index (χ0n) is 10.9. The van der Waals surface area contributed by atoms with Crippen molar-refractivity contribution in [2.45, 2.75) is 33.4 Å². The van der Waals surface area contributed by atoms with Gasteiger partial charge in [-0.1, -0.05) is 44.0 Å². The molecule has 0 unspecified atom stereocenters. The second kappa shape index (κ2) is 7.29. The molecule has 0 bridgehead atoms. The fourth-order valence-electron chi connectivity index (χ4n) is 1.20. The van der Waals surface area contributed by atoms with Crippen molar-refractivity contribution >= 4 is 41.6 Å². The quantitative estimate of drug-likeness (QED) is 0.684. The van der Waals surface area contributed by atoms with Crippen LogP contribution in [0.25, 0.3) is 0 Å². The SMILES string of the molecule is CC(C)(C)[C@H](N)C(=O)OCc1cc(Cl)nc(Cl)c1.Cl. The fourth-order valence-corrected chi connectivity index (χ4v) is 1.70. The Bertz CT molecular complexity index is 427. The van der Waals surface area contributed by atoms with Crippen LogP contribution in [0.3, 0.4) is 0 Å². The zero-order valence-corrected chi connectivity index (χ0v) is 13.3. The minimum absolute atomic E-state index is 0. The number of hydrogen-bond acceptors (Lipinski definition) is 4. The molecule has 0 saturated heterocycles. The Morgan fingerprint density at radius 2 is 1.84 bits per heavy atom. The Morgan fingerprint density at radius 1 is 1.37 bits per heavy atom. The highest BCUT2D eigenvalue weighted by molar-refractivity contribution is 6.32. The van der Waals surface area contributed by atoms with Crippen molar-refractivity contribution in [3.05, 3.63) is 28.0 Å². The van der Waals surface area contributed by atoms with Crippen LogP contribution in [-0.4, -0.2) is 17.0 Å². The topological polar surface area (TPSA) is 65.2 Å². The monoisotopic (exact) mass is 326 g/mol. The van der Waals surface area contributed by atoms with Gasteiger partial charge in [0.25, 0.3) is 0 Å². The number of ether oxygens (including phenoxy) is 1. The number of nitrogens with two attached hydrogens (primary N) is 1. The highest BCUT2D eigenvalue weighted by Crippen LogP contribution is 2.19. The number of esters is 1. The van der Waals surface area contributed by atoms with Crippen molar-refractivity contribution in [1.29, 1.82) is 0 Å². The minimum atomic E-state index is -0.676. The molecule has 2 N–H and O–H groups in total. The summed E-state index contributed by atoms with van der Waals surface area (Å²) in [6.45, 7) is 5.70. The number of carbonyl (C=O) groups is 1. The van der Waals surface area contributed by atoms with Gasteiger partial charge in [0.15, 0.2) is 0 Å². The van der Waals surface area contributed by atoms with Gasteiger partial charge in [-0.3, -0.25) is 4.79 Å². The van der Waals surface area contributed by atoms with Gasteiger partial charge in [0.2, 0.25) is 0 Å². The highest BCUT2D eigenvalue weighted by atomic mass is 35.5. The summed E-state index contributed by atoms with van der Waals surface area (Å²) in [6.07, 6.45) is 0. The molecule has 1 aromatic heterocycles. The lowest BCUT2D eigenvalue weighted by Crippen LogP contribution is -2.43. The van der Waals surface area contributed by atoms with Crippen molar-refractivity contribution < 1.29 is 9.53 Å². The number of aromatic nitrogens is 1. The van der Waals surface area contributed by atoms with E-state index in [-0.39, 0.29) is 34.7 Å². The largest absolute Gasteiger partial charge is 0.460 e. The normalized spacial score (nSPS) is 12.5. The van der Waals surface area contributed by atoms with E-state index in [1.54, 1.807) is 12.1 Å².